The lowest BCUT2D eigenvalue weighted by Crippen LogP contribution is -2.25. The molecule has 0 aromatic carbocycles. The van der Waals surface area contributed by atoms with E-state index in [0.717, 1.165) is 37.1 Å². The van der Waals surface area contributed by atoms with Crippen LogP contribution in [0.1, 0.15) is 43.9 Å². The van der Waals surface area contributed by atoms with Crippen molar-refractivity contribution in [2.24, 2.45) is 5.92 Å². The SMILES string of the molecule is CCC1CCCN(c2ccc(CNC)c(C)n2)CC1. The zero-order valence-corrected chi connectivity index (χ0v) is 12.6. The average Bonchev–Trinajstić information content (AvgIpc) is 2.66. The minimum atomic E-state index is 0.900. The normalized spacial score (nSPS) is 20.4. The molecule has 1 aromatic rings. The van der Waals surface area contributed by atoms with E-state index in [9.17, 15) is 0 Å². The molecule has 1 fully saturated rings. The third kappa shape index (κ3) is 3.69. The maximum absolute atomic E-state index is 4.79. The van der Waals surface area contributed by atoms with E-state index in [2.05, 4.69) is 36.2 Å². The molecule has 1 aromatic heterocycles. The molecule has 19 heavy (non-hydrogen) atoms. The van der Waals surface area contributed by atoms with Gasteiger partial charge < -0.3 is 10.2 Å². The molecule has 0 aliphatic carbocycles. The minimum Gasteiger partial charge on any atom is -0.357 e. The quantitative estimate of drug-likeness (QED) is 0.902. The summed E-state index contributed by atoms with van der Waals surface area (Å²) in [5.41, 5.74) is 2.45. The van der Waals surface area contributed by atoms with E-state index in [4.69, 9.17) is 4.98 Å². The lowest BCUT2D eigenvalue weighted by Gasteiger charge is -2.22. The van der Waals surface area contributed by atoms with Gasteiger partial charge in [-0.15, -0.1) is 0 Å². The third-order valence-electron chi connectivity index (χ3n) is 4.30. The Kier molecular flexibility index (Phi) is 5.20. The highest BCUT2D eigenvalue weighted by atomic mass is 15.2. The van der Waals surface area contributed by atoms with Crippen molar-refractivity contribution in [1.82, 2.24) is 10.3 Å². The number of nitrogens with zero attached hydrogens (tertiary/aromatic N) is 2. The van der Waals surface area contributed by atoms with Crippen molar-refractivity contribution in [2.45, 2.75) is 46.1 Å². The molecule has 106 valence electrons. The smallest absolute Gasteiger partial charge is 0.128 e. The predicted octanol–water partition coefficient (Wildman–Crippen LogP) is 3.13. The molecular formula is C16H27N3. The number of nitrogens with one attached hydrogen (secondary N) is 1. The lowest BCUT2D eigenvalue weighted by atomic mass is 9.98. The van der Waals surface area contributed by atoms with Gasteiger partial charge in [0.2, 0.25) is 0 Å². The molecule has 2 heterocycles. The number of hydrogen-bond acceptors (Lipinski definition) is 3. The van der Waals surface area contributed by atoms with Crippen LogP contribution in [0.2, 0.25) is 0 Å². The van der Waals surface area contributed by atoms with Crippen molar-refractivity contribution in [2.75, 3.05) is 25.0 Å². The molecule has 1 atom stereocenters. The summed E-state index contributed by atoms with van der Waals surface area (Å²) in [6.45, 7) is 7.65. The predicted molar refractivity (Wildman–Crippen MR) is 81.6 cm³/mol. The highest BCUT2D eigenvalue weighted by molar-refractivity contribution is 5.41. The lowest BCUT2D eigenvalue weighted by molar-refractivity contribution is 0.459. The van der Waals surface area contributed by atoms with Gasteiger partial charge in [0.25, 0.3) is 0 Å². The summed E-state index contributed by atoms with van der Waals surface area (Å²) in [6, 6.07) is 4.41. The fourth-order valence-electron chi connectivity index (χ4n) is 2.93. The fraction of sp³-hybridized carbons (Fsp3) is 0.688. The Morgan fingerprint density at radius 2 is 2.16 bits per heavy atom. The van der Waals surface area contributed by atoms with E-state index in [1.807, 2.05) is 7.05 Å². The van der Waals surface area contributed by atoms with E-state index < -0.39 is 0 Å². The maximum atomic E-state index is 4.79. The largest absolute Gasteiger partial charge is 0.357 e. The van der Waals surface area contributed by atoms with Gasteiger partial charge >= 0.3 is 0 Å². The van der Waals surface area contributed by atoms with Crippen LogP contribution in [0.25, 0.3) is 0 Å². The van der Waals surface area contributed by atoms with Crippen LogP contribution in [0.15, 0.2) is 12.1 Å². The zero-order valence-electron chi connectivity index (χ0n) is 12.6. The Labute approximate surface area is 117 Å². The van der Waals surface area contributed by atoms with Crippen LogP contribution in [0.5, 0.6) is 0 Å². The van der Waals surface area contributed by atoms with E-state index in [1.54, 1.807) is 0 Å². The third-order valence-corrected chi connectivity index (χ3v) is 4.30. The highest BCUT2D eigenvalue weighted by Crippen LogP contribution is 2.24. The molecule has 1 unspecified atom stereocenters. The second-order valence-electron chi connectivity index (χ2n) is 5.64. The van der Waals surface area contributed by atoms with Crippen LogP contribution in [0.3, 0.4) is 0 Å². The minimum absolute atomic E-state index is 0.900. The topological polar surface area (TPSA) is 28.2 Å². The first-order valence-corrected chi connectivity index (χ1v) is 7.60. The highest BCUT2D eigenvalue weighted by Gasteiger charge is 2.17. The second-order valence-corrected chi connectivity index (χ2v) is 5.64. The van der Waals surface area contributed by atoms with Crippen molar-refractivity contribution < 1.29 is 0 Å². The van der Waals surface area contributed by atoms with Gasteiger partial charge in [-0.25, -0.2) is 4.98 Å². The van der Waals surface area contributed by atoms with E-state index in [-0.39, 0.29) is 0 Å². The van der Waals surface area contributed by atoms with Gasteiger partial charge in [0.1, 0.15) is 5.82 Å². The number of pyridine rings is 1. The van der Waals surface area contributed by atoms with Crippen molar-refractivity contribution in [3.8, 4) is 0 Å². The molecule has 3 heteroatoms. The number of aromatic nitrogens is 1. The molecule has 0 saturated carbocycles. The van der Waals surface area contributed by atoms with Gasteiger partial charge in [-0.3, -0.25) is 0 Å². The number of anilines is 1. The molecule has 1 N–H and O–H groups in total. The Bertz CT molecular complexity index is 403. The Morgan fingerprint density at radius 1 is 1.32 bits per heavy atom. The molecule has 1 aliphatic heterocycles. The van der Waals surface area contributed by atoms with Gasteiger partial charge in [-0.1, -0.05) is 19.4 Å². The van der Waals surface area contributed by atoms with Gasteiger partial charge in [0, 0.05) is 25.3 Å². The Morgan fingerprint density at radius 3 is 2.84 bits per heavy atom. The number of aryl methyl sites for hydroxylation is 1. The molecule has 1 saturated heterocycles. The monoisotopic (exact) mass is 261 g/mol. The number of rotatable bonds is 4. The molecule has 0 bridgehead atoms. The van der Waals surface area contributed by atoms with Crippen LogP contribution >= 0.6 is 0 Å². The van der Waals surface area contributed by atoms with Crippen LogP contribution in [-0.2, 0) is 6.54 Å². The summed E-state index contributed by atoms with van der Waals surface area (Å²) in [6.07, 6.45) is 5.32. The first-order chi connectivity index (χ1) is 9.24. The summed E-state index contributed by atoms with van der Waals surface area (Å²) >= 11 is 0. The average molecular weight is 261 g/mol. The summed E-state index contributed by atoms with van der Waals surface area (Å²) in [7, 11) is 1.98. The van der Waals surface area contributed by atoms with Gasteiger partial charge in [0.05, 0.1) is 0 Å². The van der Waals surface area contributed by atoms with Gasteiger partial charge in [0.15, 0.2) is 0 Å². The summed E-state index contributed by atoms with van der Waals surface area (Å²) < 4.78 is 0. The zero-order chi connectivity index (χ0) is 13.7. The second kappa shape index (κ2) is 6.90. The van der Waals surface area contributed by atoms with E-state index in [0.29, 0.717) is 0 Å². The van der Waals surface area contributed by atoms with Crippen LogP contribution in [0, 0.1) is 12.8 Å². The molecule has 2 rings (SSSR count). The van der Waals surface area contributed by atoms with Crippen LogP contribution in [-0.4, -0.2) is 25.1 Å². The maximum Gasteiger partial charge on any atom is 0.128 e. The van der Waals surface area contributed by atoms with Crippen molar-refractivity contribution in [1.29, 1.82) is 0 Å². The van der Waals surface area contributed by atoms with Gasteiger partial charge in [-0.05, 0) is 50.8 Å². The molecular weight excluding hydrogens is 234 g/mol. The molecule has 3 nitrogen and oxygen atoms in total. The summed E-state index contributed by atoms with van der Waals surface area (Å²) in [5.74, 6) is 2.07. The van der Waals surface area contributed by atoms with Crippen molar-refractivity contribution >= 4 is 5.82 Å². The summed E-state index contributed by atoms with van der Waals surface area (Å²) in [4.78, 5) is 7.26. The molecule has 0 spiro atoms. The van der Waals surface area contributed by atoms with Crippen molar-refractivity contribution in [3.63, 3.8) is 0 Å². The standard InChI is InChI=1S/C16H27N3/c1-4-14-6-5-10-19(11-9-14)16-8-7-15(12-17-3)13(2)18-16/h7-8,14,17H,4-6,9-12H2,1-3H3. The molecule has 0 amide bonds. The molecule has 1 aliphatic rings. The first-order valence-electron chi connectivity index (χ1n) is 7.60. The fourth-order valence-corrected chi connectivity index (χ4v) is 2.93. The summed E-state index contributed by atoms with van der Waals surface area (Å²) in [5, 5.41) is 3.19. The van der Waals surface area contributed by atoms with E-state index in [1.165, 1.54) is 31.2 Å². The Hall–Kier alpha value is -1.09. The Balaban J connectivity index is 2.07. The first kappa shape index (κ1) is 14.3. The number of hydrogen-bond donors (Lipinski definition) is 1. The van der Waals surface area contributed by atoms with Crippen molar-refractivity contribution in [3.05, 3.63) is 23.4 Å². The van der Waals surface area contributed by atoms with E-state index >= 15 is 0 Å². The molecule has 0 radical (unpaired) electrons. The van der Waals surface area contributed by atoms with Crippen LogP contribution < -0.4 is 10.2 Å². The van der Waals surface area contributed by atoms with Crippen LogP contribution in [0.4, 0.5) is 5.82 Å². The van der Waals surface area contributed by atoms with Gasteiger partial charge in [-0.2, -0.15) is 0 Å².